The van der Waals surface area contributed by atoms with Crippen LogP contribution in [0, 0.1) is 0 Å². The van der Waals surface area contributed by atoms with Crippen LogP contribution in [0.15, 0.2) is 0 Å². The largest absolute Gasteiger partial charge is 0.355 e. The quantitative estimate of drug-likeness (QED) is 0.651. The van der Waals surface area contributed by atoms with Crippen molar-refractivity contribution in [2.24, 2.45) is 0 Å². The van der Waals surface area contributed by atoms with Crippen LogP contribution in [0.2, 0.25) is 0 Å². The van der Waals surface area contributed by atoms with E-state index in [-0.39, 0.29) is 24.4 Å². The van der Waals surface area contributed by atoms with Crippen molar-refractivity contribution >= 4 is 11.8 Å². The molecule has 0 radical (unpaired) electrons. The number of nitrogens with zero attached hydrogens (tertiary/aromatic N) is 2. The van der Waals surface area contributed by atoms with Crippen molar-refractivity contribution < 1.29 is 9.59 Å². The number of carbonyl (C=O) groups is 2. The molecule has 18 heavy (non-hydrogen) atoms. The molecule has 0 aliphatic rings. The van der Waals surface area contributed by atoms with Gasteiger partial charge in [0.25, 0.3) is 0 Å². The van der Waals surface area contributed by atoms with Crippen LogP contribution in [0.25, 0.3) is 0 Å². The van der Waals surface area contributed by atoms with E-state index in [1.807, 2.05) is 27.9 Å². The fourth-order valence-electron chi connectivity index (χ4n) is 1.63. The van der Waals surface area contributed by atoms with Gasteiger partial charge in [-0.1, -0.05) is 6.92 Å². The molecule has 0 heterocycles. The molecule has 1 atom stereocenters. The minimum absolute atomic E-state index is 0.0483. The van der Waals surface area contributed by atoms with E-state index < -0.39 is 0 Å². The van der Waals surface area contributed by atoms with E-state index in [2.05, 4.69) is 10.2 Å². The Morgan fingerprint density at radius 2 is 1.89 bits per heavy atom. The van der Waals surface area contributed by atoms with E-state index >= 15 is 0 Å². The average molecular weight is 257 g/mol. The number of rotatable bonds is 8. The lowest BCUT2D eigenvalue weighted by Gasteiger charge is -2.26. The second kappa shape index (κ2) is 8.91. The first-order valence-electron chi connectivity index (χ1n) is 6.57. The number of amides is 2. The summed E-state index contributed by atoms with van der Waals surface area (Å²) in [7, 11) is 4.00. The summed E-state index contributed by atoms with van der Waals surface area (Å²) in [6, 6.07) is 0.107. The zero-order valence-electron chi connectivity index (χ0n) is 12.3. The van der Waals surface area contributed by atoms with Gasteiger partial charge in [0.15, 0.2) is 0 Å². The van der Waals surface area contributed by atoms with Crippen molar-refractivity contribution in [3.05, 3.63) is 0 Å². The molecule has 2 amide bonds. The molecule has 1 N–H and O–H groups in total. The summed E-state index contributed by atoms with van der Waals surface area (Å²) in [5.74, 6) is -0.128. The third kappa shape index (κ3) is 7.27. The summed E-state index contributed by atoms with van der Waals surface area (Å²) in [4.78, 5) is 26.8. The average Bonchev–Trinajstić information content (AvgIpc) is 2.30. The molecule has 1 unspecified atom stereocenters. The van der Waals surface area contributed by atoms with Crippen LogP contribution in [0.5, 0.6) is 0 Å². The molecule has 0 saturated heterocycles. The summed E-state index contributed by atoms with van der Waals surface area (Å²) < 4.78 is 0. The predicted octanol–water partition coefficient (Wildman–Crippen LogP) is 0.701. The molecule has 0 aliphatic heterocycles. The molecule has 0 rings (SSSR count). The Bertz CT molecular complexity index is 267. The zero-order chi connectivity index (χ0) is 14.1. The Kier molecular flexibility index (Phi) is 8.37. The van der Waals surface area contributed by atoms with Crippen LogP contribution in [-0.4, -0.2) is 61.4 Å². The number of hydrogen-bond acceptors (Lipinski definition) is 3. The monoisotopic (exact) mass is 257 g/mol. The van der Waals surface area contributed by atoms with Gasteiger partial charge in [0.1, 0.15) is 0 Å². The van der Waals surface area contributed by atoms with Crippen LogP contribution in [0.4, 0.5) is 0 Å². The molecule has 0 saturated carbocycles. The van der Waals surface area contributed by atoms with E-state index in [4.69, 9.17) is 0 Å². The van der Waals surface area contributed by atoms with Gasteiger partial charge in [0.05, 0.1) is 6.54 Å². The van der Waals surface area contributed by atoms with Crippen LogP contribution < -0.4 is 5.32 Å². The van der Waals surface area contributed by atoms with Gasteiger partial charge in [0.2, 0.25) is 11.8 Å². The number of hydrogen-bond donors (Lipinski definition) is 1. The first-order valence-corrected chi connectivity index (χ1v) is 6.57. The lowest BCUT2D eigenvalue weighted by molar-refractivity contribution is -0.136. The summed E-state index contributed by atoms with van der Waals surface area (Å²) in [5.41, 5.74) is 0. The van der Waals surface area contributed by atoms with Crippen molar-refractivity contribution in [2.45, 2.75) is 39.7 Å². The fourth-order valence-corrected chi connectivity index (χ4v) is 1.63. The van der Waals surface area contributed by atoms with E-state index in [0.29, 0.717) is 6.54 Å². The van der Waals surface area contributed by atoms with Gasteiger partial charge in [-0.15, -0.1) is 0 Å². The third-order valence-electron chi connectivity index (χ3n) is 2.95. The van der Waals surface area contributed by atoms with Gasteiger partial charge in [-0.25, -0.2) is 0 Å². The molecule has 0 aromatic heterocycles. The topological polar surface area (TPSA) is 52.7 Å². The molecule has 0 aromatic rings. The molecular weight excluding hydrogens is 230 g/mol. The highest BCUT2D eigenvalue weighted by atomic mass is 16.2. The maximum absolute atomic E-state index is 11.7. The number of nitrogens with one attached hydrogen (secondary N) is 1. The lowest BCUT2D eigenvalue weighted by atomic mass is 10.2. The minimum Gasteiger partial charge on any atom is -0.355 e. The Hall–Kier alpha value is -1.10. The van der Waals surface area contributed by atoms with Crippen LogP contribution in [-0.2, 0) is 9.59 Å². The fraction of sp³-hybridized carbons (Fsp3) is 0.846. The normalized spacial score (nSPS) is 12.3. The molecule has 0 aromatic carbocycles. The summed E-state index contributed by atoms with van der Waals surface area (Å²) in [6.07, 6.45) is 1.77. The van der Waals surface area contributed by atoms with Crippen molar-refractivity contribution in [3.8, 4) is 0 Å². The smallest absolute Gasteiger partial charge is 0.239 e. The Labute approximate surface area is 111 Å². The van der Waals surface area contributed by atoms with Crippen molar-refractivity contribution in [1.29, 1.82) is 0 Å². The molecule has 0 fully saturated rings. The standard InChI is InChI=1S/C13H27N3O2/c1-6-11(2)16(12(3)17)10-13(18)14-8-7-9-15(4)5/h11H,6-10H2,1-5H3,(H,14,18). The first-order chi connectivity index (χ1) is 8.38. The molecular formula is C13H27N3O2. The highest BCUT2D eigenvalue weighted by molar-refractivity contribution is 5.83. The molecule has 0 aliphatic carbocycles. The van der Waals surface area contributed by atoms with E-state index in [1.54, 1.807) is 4.90 Å². The van der Waals surface area contributed by atoms with Crippen LogP contribution in [0.1, 0.15) is 33.6 Å². The Balaban J connectivity index is 4.00. The number of carbonyl (C=O) groups excluding carboxylic acids is 2. The van der Waals surface area contributed by atoms with Crippen molar-refractivity contribution in [3.63, 3.8) is 0 Å². The maximum atomic E-state index is 11.7. The second-order valence-corrected chi connectivity index (χ2v) is 4.91. The van der Waals surface area contributed by atoms with Crippen molar-refractivity contribution in [1.82, 2.24) is 15.1 Å². The second-order valence-electron chi connectivity index (χ2n) is 4.91. The highest BCUT2D eigenvalue weighted by Crippen LogP contribution is 2.03. The summed E-state index contributed by atoms with van der Waals surface area (Å²) >= 11 is 0. The van der Waals surface area contributed by atoms with Gasteiger partial charge >= 0.3 is 0 Å². The maximum Gasteiger partial charge on any atom is 0.239 e. The van der Waals surface area contributed by atoms with Gasteiger partial charge in [-0.3, -0.25) is 9.59 Å². The zero-order valence-corrected chi connectivity index (χ0v) is 12.3. The molecule has 0 bridgehead atoms. The first kappa shape index (κ1) is 16.9. The van der Waals surface area contributed by atoms with Crippen molar-refractivity contribution in [2.75, 3.05) is 33.7 Å². The summed E-state index contributed by atoms with van der Waals surface area (Å²) in [5, 5.41) is 2.84. The molecule has 5 nitrogen and oxygen atoms in total. The van der Waals surface area contributed by atoms with E-state index in [9.17, 15) is 9.59 Å². The van der Waals surface area contributed by atoms with Crippen LogP contribution >= 0.6 is 0 Å². The predicted molar refractivity (Wildman–Crippen MR) is 73.3 cm³/mol. The van der Waals surface area contributed by atoms with Crippen LogP contribution in [0.3, 0.4) is 0 Å². The molecule has 0 spiro atoms. The minimum atomic E-state index is -0.0794. The Morgan fingerprint density at radius 3 is 2.33 bits per heavy atom. The van der Waals surface area contributed by atoms with E-state index in [0.717, 1.165) is 19.4 Å². The van der Waals surface area contributed by atoms with Gasteiger partial charge in [-0.2, -0.15) is 0 Å². The Morgan fingerprint density at radius 1 is 1.28 bits per heavy atom. The highest BCUT2D eigenvalue weighted by Gasteiger charge is 2.18. The van der Waals surface area contributed by atoms with Gasteiger partial charge in [-0.05, 0) is 40.4 Å². The molecule has 106 valence electrons. The lowest BCUT2D eigenvalue weighted by Crippen LogP contribution is -2.44. The summed E-state index contributed by atoms with van der Waals surface area (Å²) in [6.45, 7) is 7.24. The third-order valence-corrected chi connectivity index (χ3v) is 2.95. The molecule has 5 heteroatoms. The van der Waals surface area contributed by atoms with E-state index in [1.165, 1.54) is 6.92 Å². The van der Waals surface area contributed by atoms with Gasteiger partial charge < -0.3 is 15.1 Å². The SMILES string of the molecule is CCC(C)N(CC(=O)NCCCN(C)C)C(C)=O. The van der Waals surface area contributed by atoms with Gasteiger partial charge in [0, 0.05) is 19.5 Å².